The Hall–Kier alpha value is -1.98. The van der Waals surface area contributed by atoms with Crippen LogP contribution in [-0.4, -0.2) is 28.8 Å². The smallest absolute Gasteiger partial charge is 0.347 e. The highest BCUT2D eigenvalue weighted by Crippen LogP contribution is 2.34. The number of carbonyl (C=O) groups is 1. The van der Waals surface area contributed by atoms with Gasteiger partial charge in [0, 0.05) is 11.8 Å². The van der Waals surface area contributed by atoms with Crippen LogP contribution in [0.25, 0.3) is 11.3 Å². The van der Waals surface area contributed by atoms with Gasteiger partial charge in [-0.15, -0.1) is 0 Å². The quantitative estimate of drug-likeness (QED) is 0.545. The molecule has 0 radical (unpaired) electrons. The van der Waals surface area contributed by atoms with E-state index < -0.39 is 12.1 Å². The van der Waals surface area contributed by atoms with Crippen molar-refractivity contribution >= 4 is 29.2 Å². The highest BCUT2D eigenvalue weighted by atomic mass is 35.5. The van der Waals surface area contributed by atoms with Crippen molar-refractivity contribution in [2.24, 2.45) is 0 Å². The molecule has 1 N–H and O–H groups in total. The molecular formula is C18H19Cl2NO4. The van der Waals surface area contributed by atoms with Crippen molar-refractivity contribution < 1.29 is 19.4 Å². The minimum Gasteiger partial charge on any atom is -0.504 e. The van der Waals surface area contributed by atoms with Crippen LogP contribution in [0.3, 0.4) is 0 Å². The zero-order valence-electron chi connectivity index (χ0n) is 14.0. The average Bonchev–Trinajstić information content (AvgIpc) is 2.57. The van der Waals surface area contributed by atoms with Crippen molar-refractivity contribution in [1.29, 1.82) is 0 Å². The number of phenols is 1. The van der Waals surface area contributed by atoms with Crippen LogP contribution in [0.4, 0.5) is 0 Å². The Kier molecular flexibility index (Phi) is 6.91. The Morgan fingerprint density at radius 3 is 2.72 bits per heavy atom. The monoisotopic (exact) mass is 383 g/mol. The Morgan fingerprint density at radius 2 is 2.08 bits per heavy atom. The van der Waals surface area contributed by atoms with E-state index in [4.69, 9.17) is 32.7 Å². The van der Waals surface area contributed by atoms with Gasteiger partial charge >= 0.3 is 5.97 Å². The second kappa shape index (κ2) is 8.92. The molecule has 0 saturated carbocycles. The first-order valence-electron chi connectivity index (χ1n) is 7.90. The second-order valence-corrected chi connectivity index (χ2v) is 6.29. The summed E-state index contributed by atoms with van der Waals surface area (Å²) < 4.78 is 10.6. The number of nitrogens with zero attached hydrogens (tertiary/aromatic N) is 1. The van der Waals surface area contributed by atoms with Gasteiger partial charge in [-0.1, -0.05) is 36.5 Å². The number of hydrogen-bond acceptors (Lipinski definition) is 5. The van der Waals surface area contributed by atoms with Crippen LogP contribution in [0.2, 0.25) is 10.0 Å². The average molecular weight is 384 g/mol. The summed E-state index contributed by atoms with van der Waals surface area (Å²) in [6.45, 7) is 3.93. The van der Waals surface area contributed by atoms with Crippen LogP contribution < -0.4 is 4.74 Å². The van der Waals surface area contributed by atoms with Crippen LogP contribution in [0.15, 0.2) is 30.5 Å². The number of ether oxygens (including phenoxy) is 2. The van der Waals surface area contributed by atoms with Gasteiger partial charge in [0.2, 0.25) is 0 Å². The molecule has 0 amide bonds. The van der Waals surface area contributed by atoms with E-state index in [-0.39, 0.29) is 11.5 Å². The molecule has 0 aliphatic heterocycles. The number of hydrogen-bond donors (Lipinski definition) is 1. The summed E-state index contributed by atoms with van der Waals surface area (Å²) in [4.78, 5) is 16.0. The highest BCUT2D eigenvalue weighted by Gasteiger charge is 2.18. The lowest BCUT2D eigenvalue weighted by atomic mass is 10.1. The van der Waals surface area contributed by atoms with Crippen LogP contribution in [0.1, 0.15) is 26.7 Å². The van der Waals surface area contributed by atoms with Gasteiger partial charge in [0.25, 0.3) is 0 Å². The summed E-state index contributed by atoms with van der Waals surface area (Å²) in [5.74, 6) is -0.424. The fourth-order valence-corrected chi connectivity index (χ4v) is 2.55. The summed E-state index contributed by atoms with van der Waals surface area (Å²) >= 11 is 12.0. The van der Waals surface area contributed by atoms with Crippen molar-refractivity contribution in [2.75, 3.05) is 6.61 Å². The first-order valence-corrected chi connectivity index (χ1v) is 8.65. The number of phenolic OH excluding ortho intramolecular Hbond substituents is 1. The summed E-state index contributed by atoms with van der Waals surface area (Å²) in [7, 11) is 0. The summed E-state index contributed by atoms with van der Waals surface area (Å²) in [6, 6.07) is 6.27. The van der Waals surface area contributed by atoms with E-state index in [1.807, 2.05) is 6.92 Å². The van der Waals surface area contributed by atoms with Gasteiger partial charge in [-0.3, -0.25) is 4.98 Å². The van der Waals surface area contributed by atoms with Crippen molar-refractivity contribution in [2.45, 2.75) is 32.8 Å². The van der Waals surface area contributed by atoms with Crippen molar-refractivity contribution in [3.8, 4) is 22.8 Å². The highest BCUT2D eigenvalue weighted by molar-refractivity contribution is 6.36. The van der Waals surface area contributed by atoms with E-state index in [1.54, 1.807) is 25.1 Å². The number of benzene rings is 1. The lowest BCUT2D eigenvalue weighted by molar-refractivity contribution is -0.151. The van der Waals surface area contributed by atoms with Gasteiger partial charge in [-0.05, 0) is 37.6 Å². The zero-order valence-corrected chi connectivity index (χ0v) is 15.5. The molecule has 7 heteroatoms. The molecule has 134 valence electrons. The molecule has 25 heavy (non-hydrogen) atoms. The lowest BCUT2D eigenvalue weighted by Crippen LogP contribution is -2.26. The van der Waals surface area contributed by atoms with Gasteiger partial charge in [-0.25, -0.2) is 4.79 Å². The maximum atomic E-state index is 11.8. The molecule has 0 aliphatic carbocycles. The van der Waals surface area contributed by atoms with Gasteiger partial charge in [-0.2, -0.15) is 0 Å². The molecule has 0 bridgehead atoms. The predicted molar refractivity (Wildman–Crippen MR) is 97.3 cm³/mol. The topological polar surface area (TPSA) is 68.7 Å². The van der Waals surface area contributed by atoms with Crippen LogP contribution in [0.5, 0.6) is 11.5 Å². The standard InChI is InChI=1S/C18H19Cl2NO4/c1-3-4-7-24-18(23)11(2)25-16-6-5-12(8-15(16)22)17-14(20)9-13(19)10-21-17/h5-6,8-11,22H,3-4,7H2,1-2H3. The maximum absolute atomic E-state index is 11.8. The third-order valence-electron chi connectivity index (χ3n) is 3.42. The molecule has 1 heterocycles. The third kappa shape index (κ3) is 5.25. The van der Waals surface area contributed by atoms with Crippen molar-refractivity contribution in [1.82, 2.24) is 4.98 Å². The molecule has 1 unspecified atom stereocenters. The summed E-state index contributed by atoms with van der Waals surface area (Å²) in [5.41, 5.74) is 1.09. The number of unbranched alkanes of at least 4 members (excludes halogenated alkanes) is 1. The largest absolute Gasteiger partial charge is 0.504 e. The molecule has 5 nitrogen and oxygen atoms in total. The molecule has 0 spiro atoms. The number of aromatic hydroxyl groups is 1. The van der Waals surface area contributed by atoms with E-state index in [9.17, 15) is 9.90 Å². The minimum absolute atomic E-state index is 0.126. The Morgan fingerprint density at radius 1 is 1.32 bits per heavy atom. The Balaban J connectivity index is 2.10. The molecular weight excluding hydrogens is 365 g/mol. The Labute approximate surface area is 156 Å². The van der Waals surface area contributed by atoms with Crippen molar-refractivity contribution in [3.63, 3.8) is 0 Å². The van der Waals surface area contributed by atoms with Crippen LogP contribution in [0, 0.1) is 0 Å². The molecule has 0 fully saturated rings. The minimum atomic E-state index is -0.828. The molecule has 0 saturated heterocycles. The van der Waals surface area contributed by atoms with Crippen molar-refractivity contribution in [3.05, 3.63) is 40.5 Å². The molecule has 2 aromatic rings. The van der Waals surface area contributed by atoms with E-state index in [2.05, 4.69) is 4.98 Å². The number of halogens is 2. The van der Waals surface area contributed by atoms with E-state index in [0.717, 1.165) is 12.8 Å². The molecule has 2 rings (SSSR count). The molecule has 1 aromatic heterocycles. The van der Waals surface area contributed by atoms with E-state index in [1.165, 1.54) is 12.3 Å². The number of aromatic nitrogens is 1. The van der Waals surface area contributed by atoms with Gasteiger partial charge < -0.3 is 14.6 Å². The van der Waals surface area contributed by atoms with E-state index >= 15 is 0 Å². The fourth-order valence-electron chi connectivity index (χ4n) is 2.06. The zero-order chi connectivity index (χ0) is 18.4. The molecule has 1 aromatic carbocycles. The SMILES string of the molecule is CCCCOC(=O)C(C)Oc1ccc(-c2ncc(Cl)cc2Cl)cc1O. The number of esters is 1. The van der Waals surface area contributed by atoms with E-state index in [0.29, 0.717) is 27.9 Å². The fraction of sp³-hybridized carbons (Fsp3) is 0.333. The van der Waals surface area contributed by atoms with Gasteiger partial charge in [0.05, 0.1) is 22.3 Å². The normalized spacial score (nSPS) is 11.8. The predicted octanol–water partition coefficient (Wildman–Crippen LogP) is 4.87. The summed E-state index contributed by atoms with van der Waals surface area (Å²) in [5, 5.41) is 11.0. The van der Waals surface area contributed by atoms with Gasteiger partial charge in [0.15, 0.2) is 17.6 Å². The first-order chi connectivity index (χ1) is 11.9. The number of rotatable bonds is 7. The summed E-state index contributed by atoms with van der Waals surface area (Å²) in [6.07, 6.45) is 2.38. The molecule has 0 aliphatic rings. The number of carbonyl (C=O) groups excluding carboxylic acids is 1. The maximum Gasteiger partial charge on any atom is 0.347 e. The number of pyridine rings is 1. The first kappa shape index (κ1) is 19.3. The Bertz CT molecular complexity index is 752. The van der Waals surface area contributed by atoms with Gasteiger partial charge in [0.1, 0.15) is 0 Å². The third-order valence-corrected chi connectivity index (χ3v) is 3.91. The second-order valence-electron chi connectivity index (χ2n) is 5.45. The lowest BCUT2D eigenvalue weighted by Gasteiger charge is -2.15. The van der Waals surface area contributed by atoms with Crippen LogP contribution >= 0.6 is 23.2 Å². The molecule has 1 atom stereocenters. The van der Waals surface area contributed by atoms with Crippen LogP contribution in [-0.2, 0) is 9.53 Å².